The fourth-order valence-corrected chi connectivity index (χ4v) is 1.80. The molecule has 1 amide bonds. The Morgan fingerprint density at radius 1 is 1.33 bits per heavy atom. The third-order valence-electron chi connectivity index (χ3n) is 2.58. The van der Waals surface area contributed by atoms with E-state index in [-0.39, 0.29) is 23.7 Å². The largest absolute Gasteiger partial charge is 0.507 e. The predicted molar refractivity (Wildman–Crippen MR) is 70.0 cm³/mol. The number of hydrogen-bond acceptors (Lipinski definition) is 3. The highest BCUT2D eigenvalue weighted by Gasteiger charge is 2.33. The van der Waals surface area contributed by atoms with Crippen molar-refractivity contribution in [2.24, 2.45) is 5.92 Å². The molecule has 0 spiro atoms. The lowest BCUT2D eigenvalue weighted by Gasteiger charge is -2.03. The maximum Gasteiger partial charge on any atom is 0.261 e. The van der Waals surface area contributed by atoms with Crippen LogP contribution in [0.3, 0.4) is 0 Å². The zero-order chi connectivity index (χ0) is 13.9. The van der Waals surface area contributed by atoms with E-state index < -0.39 is 5.91 Å². The average molecular weight is 249 g/mol. The van der Waals surface area contributed by atoms with E-state index >= 15 is 0 Å². The first kappa shape index (κ1) is 14.2. The van der Waals surface area contributed by atoms with Crippen LogP contribution in [0.25, 0.3) is 0 Å². The third kappa shape index (κ3) is 3.32. The molecule has 18 heavy (non-hydrogen) atoms. The van der Waals surface area contributed by atoms with E-state index in [0.717, 1.165) is 5.57 Å². The summed E-state index contributed by atoms with van der Waals surface area (Å²) in [7, 11) is 1.54. The molecule has 1 heterocycles. The number of hydrogen-bond donors (Lipinski definition) is 1. The Hall–Kier alpha value is -1.84. The van der Waals surface area contributed by atoms with Gasteiger partial charge in [0.2, 0.25) is 0 Å². The van der Waals surface area contributed by atoms with Gasteiger partial charge in [-0.2, -0.15) is 0 Å². The highest BCUT2D eigenvalue weighted by atomic mass is 16.3. The van der Waals surface area contributed by atoms with Gasteiger partial charge in [0, 0.05) is 7.05 Å². The molecule has 4 nitrogen and oxygen atoms in total. The molecule has 0 aliphatic carbocycles. The van der Waals surface area contributed by atoms with Crippen molar-refractivity contribution in [1.82, 2.24) is 4.90 Å². The van der Waals surface area contributed by atoms with Crippen LogP contribution in [-0.2, 0) is 9.59 Å². The number of carbonyl (C=O) groups excluding carboxylic acids is 2. The van der Waals surface area contributed by atoms with Gasteiger partial charge in [-0.1, -0.05) is 31.6 Å². The van der Waals surface area contributed by atoms with E-state index in [1.807, 2.05) is 13.0 Å². The number of aliphatic hydroxyl groups excluding tert-OH is 1. The number of Topliss-reactive ketones (excluding diaryl/α,β-unsaturated/α-hetero) is 1. The van der Waals surface area contributed by atoms with Crippen molar-refractivity contribution >= 4 is 11.7 Å². The zero-order valence-corrected chi connectivity index (χ0v) is 11.2. The molecule has 1 N–H and O–H groups in total. The third-order valence-corrected chi connectivity index (χ3v) is 2.58. The van der Waals surface area contributed by atoms with Gasteiger partial charge in [0.15, 0.2) is 5.78 Å². The van der Waals surface area contributed by atoms with E-state index in [1.165, 1.54) is 18.0 Å². The zero-order valence-electron chi connectivity index (χ0n) is 11.2. The quantitative estimate of drug-likeness (QED) is 0.360. The highest BCUT2D eigenvalue weighted by Crippen LogP contribution is 2.16. The summed E-state index contributed by atoms with van der Waals surface area (Å²) in [4.78, 5) is 24.4. The molecule has 0 bridgehead atoms. The number of amides is 1. The molecular formula is C14H19NO3. The smallest absolute Gasteiger partial charge is 0.261 e. The Labute approximate surface area is 107 Å². The fraction of sp³-hybridized carbons (Fsp3) is 0.429. The van der Waals surface area contributed by atoms with Gasteiger partial charge in [-0.15, -0.1) is 0 Å². The number of ketones is 1. The van der Waals surface area contributed by atoms with Crippen LogP contribution in [0.2, 0.25) is 0 Å². The molecule has 0 atom stereocenters. The minimum absolute atomic E-state index is 0.0346. The molecule has 1 fully saturated rings. The molecule has 0 saturated carbocycles. The average Bonchev–Trinajstić information content (AvgIpc) is 2.49. The molecular weight excluding hydrogens is 230 g/mol. The van der Waals surface area contributed by atoms with Crippen molar-refractivity contribution in [2.75, 3.05) is 13.6 Å². The number of nitrogens with zero attached hydrogens (tertiary/aromatic N) is 1. The van der Waals surface area contributed by atoms with Crippen LogP contribution in [0.15, 0.2) is 35.1 Å². The first-order chi connectivity index (χ1) is 8.32. The number of aliphatic hydroxyl groups is 1. The van der Waals surface area contributed by atoms with E-state index in [4.69, 9.17) is 0 Å². The first-order valence-electron chi connectivity index (χ1n) is 5.91. The minimum Gasteiger partial charge on any atom is -0.507 e. The molecule has 0 radical (unpaired) electrons. The highest BCUT2D eigenvalue weighted by molar-refractivity contribution is 6.25. The van der Waals surface area contributed by atoms with Gasteiger partial charge in [0.05, 0.1) is 6.54 Å². The van der Waals surface area contributed by atoms with E-state index in [0.29, 0.717) is 5.92 Å². The lowest BCUT2D eigenvalue weighted by atomic mass is 10.1. The summed E-state index contributed by atoms with van der Waals surface area (Å²) in [5.74, 6) is -0.612. The monoisotopic (exact) mass is 249 g/mol. The van der Waals surface area contributed by atoms with Crippen molar-refractivity contribution in [3.8, 4) is 0 Å². The summed E-state index contributed by atoms with van der Waals surface area (Å²) in [5.41, 5.74) is 0.856. The van der Waals surface area contributed by atoms with Gasteiger partial charge in [-0.05, 0) is 18.9 Å². The Bertz CT molecular complexity index is 456. The molecule has 98 valence electrons. The molecule has 0 aromatic heterocycles. The second-order valence-electron chi connectivity index (χ2n) is 4.83. The van der Waals surface area contributed by atoms with Gasteiger partial charge >= 0.3 is 0 Å². The van der Waals surface area contributed by atoms with Crippen LogP contribution >= 0.6 is 0 Å². The van der Waals surface area contributed by atoms with Crippen molar-refractivity contribution in [1.29, 1.82) is 0 Å². The van der Waals surface area contributed by atoms with Crippen LogP contribution in [0.4, 0.5) is 0 Å². The fourth-order valence-electron chi connectivity index (χ4n) is 1.80. The molecule has 1 aliphatic heterocycles. The van der Waals surface area contributed by atoms with Crippen LogP contribution in [0, 0.1) is 5.92 Å². The standard InChI is InChI=1S/C14H19NO3/c1-9(2)7-10(3)5-6-11(16)13-12(17)8-15(4)14(13)18/h5-7,9,16H,8H2,1-4H3/b6-5+,10-7+,13-11-. The normalized spacial score (nSPS) is 20.5. The van der Waals surface area contributed by atoms with Crippen LogP contribution in [0.1, 0.15) is 20.8 Å². The van der Waals surface area contributed by atoms with E-state index in [9.17, 15) is 14.7 Å². The second kappa shape index (κ2) is 5.67. The SMILES string of the molecule is CC(/C=C/C(O)=C1\C(=O)CN(C)C1=O)=C\C(C)C. The van der Waals surface area contributed by atoms with E-state index in [2.05, 4.69) is 13.8 Å². The van der Waals surface area contributed by atoms with Crippen molar-refractivity contribution < 1.29 is 14.7 Å². The van der Waals surface area contributed by atoms with Crippen LogP contribution in [-0.4, -0.2) is 35.3 Å². The second-order valence-corrected chi connectivity index (χ2v) is 4.83. The number of allylic oxidation sites excluding steroid dienone is 4. The molecule has 1 aliphatic rings. The van der Waals surface area contributed by atoms with Crippen molar-refractivity contribution in [3.63, 3.8) is 0 Å². The van der Waals surface area contributed by atoms with Gasteiger partial charge in [-0.25, -0.2) is 0 Å². The summed E-state index contributed by atoms with van der Waals surface area (Å²) in [5, 5.41) is 9.79. The maximum atomic E-state index is 11.6. The molecule has 0 aromatic rings. The van der Waals surface area contributed by atoms with E-state index in [1.54, 1.807) is 6.08 Å². The summed E-state index contributed by atoms with van der Waals surface area (Å²) in [6.07, 6.45) is 5.12. The maximum absolute atomic E-state index is 11.6. The number of likely N-dealkylation sites (tertiary alicyclic amines) is 1. The van der Waals surface area contributed by atoms with Crippen LogP contribution < -0.4 is 0 Å². The van der Waals surface area contributed by atoms with Crippen molar-refractivity contribution in [2.45, 2.75) is 20.8 Å². The van der Waals surface area contributed by atoms with Gasteiger partial charge in [-0.3, -0.25) is 9.59 Å². The van der Waals surface area contributed by atoms with Gasteiger partial charge in [0.1, 0.15) is 11.3 Å². The number of rotatable bonds is 3. The minimum atomic E-state index is -0.423. The molecule has 1 rings (SSSR count). The first-order valence-corrected chi connectivity index (χ1v) is 5.91. The Kier molecular flexibility index (Phi) is 4.48. The summed E-state index contributed by atoms with van der Waals surface area (Å²) < 4.78 is 0. The molecule has 0 unspecified atom stereocenters. The number of likely N-dealkylation sites (N-methyl/N-ethyl adjacent to an activating group) is 1. The Balaban J connectivity index is 2.94. The molecule has 1 saturated heterocycles. The summed E-state index contributed by atoms with van der Waals surface area (Å²) >= 11 is 0. The topological polar surface area (TPSA) is 57.6 Å². The Morgan fingerprint density at radius 2 is 1.94 bits per heavy atom. The van der Waals surface area contributed by atoms with Crippen molar-refractivity contribution in [3.05, 3.63) is 35.1 Å². The lowest BCUT2D eigenvalue weighted by molar-refractivity contribution is -0.123. The molecule has 0 aromatic carbocycles. The molecule has 4 heteroatoms. The lowest BCUT2D eigenvalue weighted by Crippen LogP contribution is -2.19. The predicted octanol–water partition coefficient (Wildman–Crippen LogP) is 2.00. The summed E-state index contributed by atoms with van der Waals surface area (Å²) in [6, 6.07) is 0. The Morgan fingerprint density at radius 3 is 2.39 bits per heavy atom. The van der Waals surface area contributed by atoms with Gasteiger partial charge in [0.25, 0.3) is 5.91 Å². The van der Waals surface area contributed by atoms with Crippen LogP contribution in [0.5, 0.6) is 0 Å². The number of carbonyl (C=O) groups is 2. The summed E-state index contributed by atoms with van der Waals surface area (Å²) in [6.45, 7) is 6.04. The van der Waals surface area contributed by atoms with Gasteiger partial charge < -0.3 is 10.0 Å².